The Balaban J connectivity index is 2.04. The fraction of sp³-hybridized carbons (Fsp3) is 0.462. The van der Waals surface area contributed by atoms with E-state index in [4.69, 9.17) is 0 Å². The van der Waals surface area contributed by atoms with Crippen LogP contribution in [0.25, 0.3) is 0 Å². The van der Waals surface area contributed by atoms with Gasteiger partial charge >= 0.3 is 0 Å². The lowest BCUT2D eigenvalue weighted by atomic mass is 9.98. The van der Waals surface area contributed by atoms with Crippen LogP contribution < -0.4 is 10.6 Å². The normalized spacial score (nSPS) is 20.0. The first-order valence-corrected chi connectivity index (χ1v) is 6.74. The van der Waals surface area contributed by atoms with Crippen molar-refractivity contribution in [2.75, 3.05) is 18.4 Å². The van der Waals surface area contributed by atoms with Gasteiger partial charge in [-0.3, -0.25) is 4.79 Å². The number of benzene rings is 1. The number of rotatable bonds is 2. The van der Waals surface area contributed by atoms with Gasteiger partial charge in [0.15, 0.2) is 0 Å². The highest BCUT2D eigenvalue weighted by atomic mass is 79.9. The number of anilines is 1. The summed E-state index contributed by atoms with van der Waals surface area (Å²) >= 11 is 3.47. The minimum atomic E-state index is 0.0992. The molecule has 1 saturated heterocycles. The van der Waals surface area contributed by atoms with Gasteiger partial charge in [-0.05, 0) is 44.0 Å². The van der Waals surface area contributed by atoms with Crippen LogP contribution in [0.3, 0.4) is 0 Å². The van der Waals surface area contributed by atoms with Crippen LogP contribution in [0.15, 0.2) is 22.7 Å². The zero-order valence-electron chi connectivity index (χ0n) is 9.92. The fourth-order valence-electron chi connectivity index (χ4n) is 2.05. The Hall–Kier alpha value is -0.870. The van der Waals surface area contributed by atoms with Crippen LogP contribution in [0.5, 0.6) is 0 Å². The molecule has 92 valence electrons. The summed E-state index contributed by atoms with van der Waals surface area (Å²) in [7, 11) is 0. The van der Waals surface area contributed by atoms with Crippen LogP contribution in [0.1, 0.15) is 18.4 Å². The van der Waals surface area contributed by atoms with Gasteiger partial charge in [0.2, 0.25) is 5.91 Å². The lowest BCUT2D eigenvalue weighted by Gasteiger charge is -2.22. The van der Waals surface area contributed by atoms with E-state index < -0.39 is 0 Å². The van der Waals surface area contributed by atoms with Crippen LogP contribution in [0, 0.1) is 12.8 Å². The zero-order chi connectivity index (χ0) is 12.3. The minimum Gasteiger partial charge on any atom is -0.326 e. The van der Waals surface area contributed by atoms with Crippen LogP contribution in [0.2, 0.25) is 0 Å². The number of halogens is 1. The van der Waals surface area contributed by atoms with Gasteiger partial charge in [-0.2, -0.15) is 0 Å². The Morgan fingerprint density at radius 3 is 3.06 bits per heavy atom. The van der Waals surface area contributed by atoms with E-state index in [-0.39, 0.29) is 11.8 Å². The molecule has 0 aliphatic carbocycles. The number of piperidine rings is 1. The first-order valence-electron chi connectivity index (χ1n) is 5.95. The lowest BCUT2D eigenvalue weighted by molar-refractivity contribution is -0.120. The topological polar surface area (TPSA) is 41.1 Å². The SMILES string of the molecule is Cc1c(Br)cccc1NC(=O)[C@@H]1CCCNC1. The van der Waals surface area contributed by atoms with Crippen molar-refractivity contribution in [3.8, 4) is 0 Å². The molecule has 3 nitrogen and oxygen atoms in total. The molecule has 1 amide bonds. The molecule has 1 heterocycles. The number of amides is 1. The standard InChI is InChI=1S/C13H17BrN2O/c1-9-11(14)5-2-6-12(9)16-13(17)10-4-3-7-15-8-10/h2,5-6,10,15H,3-4,7-8H2,1H3,(H,16,17)/t10-/m1/s1. The predicted molar refractivity (Wildman–Crippen MR) is 73.1 cm³/mol. The predicted octanol–water partition coefficient (Wildman–Crippen LogP) is 2.70. The van der Waals surface area contributed by atoms with Crippen molar-refractivity contribution < 1.29 is 4.79 Å². The first kappa shape index (κ1) is 12.6. The summed E-state index contributed by atoms with van der Waals surface area (Å²) in [6.45, 7) is 3.82. The third kappa shape index (κ3) is 3.07. The maximum Gasteiger partial charge on any atom is 0.228 e. The third-order valence-corrected chi connectivity index (χ3v) is 4.05. The quantitative estimate of drug-likeness (QED) is 0.881. The third-order valence-electron chi connectivity index (χ3n) is 3.19. The molecule has 0 radical (unpaired) electrons. The molecule has 0 spiro atoms. The summed E-state index contributed by atoms with van der Waals surface area (Å²) in [6, 6.07) is 5.85. The van der Waals surface area contributed by atoms with E-state index in [9.17, 15) is 4.79 Å². The first-order chi connectivity index (χ1) is 8.18. The van der Waals surface area contributed by atoms with Crippen molar-refractivity contribution in [2.45, 2.75) is 19.8 Å². The molecule has 0 bridgehead atoms. The van der Waals surface area contributed by atoms with E-state index in [1.54, 1.807) is 0 Å². The van der Waals surface area contributed by atoms with Crippen molar-refractivity contribution in [3.05, 3.63) is 28.2 Å². The molecule has 0 saturated carbocycles. The van der Waals surface area contributed by atoms with Crippen molar-refractivity contribution in [3.63, 3.8) is 0 Å². The van der Waals surface area contributed by atoms with Gasteiger partial charge in [-0.1, -0.05) is 22.0 Å². The van der Waals surface area contributed by atoms with Crippen LogP contribution >= 0.6 is 15.9 Å². The second-order valence-corrected chi connectivity index (χ2v) is 5.30. The Kier molecular flexibility index (Phi) is 4.18. The van der Waals surface area contributed by atoms with E-state index in [2.05, 4.69) is 26.6 Å². The highest BCUT2D eigenvalue weighted by Gasteiger charge is 2.21. The molecule has 2 rings (SSSR count). The molecule has 2 N–H and O–H groups in total. The highest BCUT2D eigenvalue weighted by Crippen LogP contribution is 2.24. The van der Waals surface area contributed by atoms with Gasteiger partial charge in [0, 0.05) is 16.7 Å². The number of hydrogen-bond acceptors (Lipinski definition) is 2. The van der Waals surface area contributed by atoms with Crippen molar-refractivity contribution in [2.24, 2.45) is 5.92 Å². The summed E-state index contributed by atoms with van der Waals surface area (Å²) in [5, 5.41) is 6.27. The molecule has 1 fully saturated rings. The number of carbonyl (C=O) groups is 1. The van der Waals surface area contributed by atoms with Gasteiger partial charge in [0.25, 0.3) is 0 Å². The molecule has 1 aliphatic rings. The van der Waals surface area contributed by atoms with Gasteiger partial charge in [0.1, 0.15) is 0 Å². The van der Waals surface area contributed by atoms with Gasteiger partial charge in [-0.15, -0.1) is 0 Å². The fourth-order valence-corrected chi connectivity index (χ4v) is 2.42. The molecular weight excluding hydrogens is 280 g/mol. The monoisotopic (exact) mass is 296 g/mol. The Labute approximate surface area is 110 Å². The van der Waals surface area contributed by atoms with Gasteiger partial charge < -0.3 is 10.6 Å². The second-order valence-electron chi connectivity index (χ2n) is 4.44. The number of hydrogen-bond donors (Lipinski definition) is 2. The molecule has 0 aromatic heterocycles. The molecular formula is C13H17BrN2O. The van der Waals surface area contributed by atoms with Crippen LogP contribution in [0.4, 0.5) is 5.69 Å². The molecule has 0 unspecified atom stereocenters. The average molecular weight is 297 g/mol. The van der Waals surface area contributed by atoms with E-state index in [1.165, 1.54) is 0 Å². The van der Waals surface area contributed by atoms with E-state index in [0.29, 0.717) is 0 Å². The summed E-state index contributed by atoms with van der Waals surface area (Å²) in [6.07, 6.45) is 2.06. The average Bonchev–Trinajstić information content (AvgIpc) is 2.36. The Morgan fingerprint density at radius 1 is 1.53 bits per heavy atom. The van der Waals surface area contributed by atoms with E-state index in [0.717, 1.165) is 41.7 Å². The Bertz CT molecular complexity index is 414. The van der Waals surface area contributed by atoms with Crippen LogP contribution in [-0.4, -0.2) is 19.0 Å². The smallest absolute Gasteiger partial charge is 0.228 e. The molecule has 1 aliphatic heterocycles. The maximum atomic E-state index is 12.1. The van der Waals surface area contributed by atoms with Gasteiger partial charge in [0.05, 0.1) is 5.92 Å². The van der Waals surface area contributed by atoms with Crippen molar-refractivity contribution in [1.29, 1.82) is 0 Å². The minimum absolute atomic E-state index is 0.0992. The molecule has 17 heavy (non-hydrogen) atoms. The number of carbonyl (C=O) groups excluding carboxylic acids is 1. The van der Waals surface area contributed by atoms with E-state index in [1.807, 2.05) is 25.1 Å². The summed E-state index contributed by atoms with van der Waals surface area (Å²) < 4.78 is 1.03. The second kappa shape index (κ2) is 5.65. The molecule has 1 aromatic carbocycles. The van der Waals surface area contributed by atoms with Crippen molar-refractivity contribution >= 4 is 27.5 Å². The molecule has 4 heteroatoms. The summed E-state index contributed by atoms with van der Waals surface area (Å²) in [5.74, 6) is 0.223. The van der Waals surface area contributed by atoms with Gasteiger partial charge in [-0.25, -0.2) is 0 Å². The van der Waals surface area contributed by atoms with Crippen molar-refractivity contribution in [1.82, 2.24) is 5.32 Å². The zero-order valence-corrected chi connectivity index (χ0v) is 11.5. The Morgan fingerprint density at radius 2 is 2.35 bits per heavy atom. The molecule has 1 aromatic rings. The van der Waals surface area contributed by atoms with E-state index >= 15 is 0 Å². The maximum absolute atomic E-state index is 12.1. The highest BCUT2D eigenvalue weighted by molar-refractivity contribution is 9.10. The molecule has 1 atom stereocenters. The summed E-state index contributed by atoms with van der Waals surface area (Å²) in [5.41, 5.74) is 1.97. The number of nitrogens with one attached hydrogen (secondary N) is 2. The van der Waals surface area contributed by atoms with Crippen LogP contribution in [-0.2, 0) is 4.79 Å². The summed E-state index contributed by atoms with van der Waals surface area (Å²) in [4.78, 5) is 12.1. The lowest BCUT2D eigenvalue weighted by Crippen LogP contribution is -2.37. The largest absolute Gasteiger partial charge is 0.326 e.